The highest BCUT2D eigenvalue weighted by Gasteiger charge is 2.16. The van der Waals surface area contributed by atoms with Gasteiger partial charge >= 0.3 is 5.97 Å². The second-order valence-corrected chi connectivity index (χ2v) is 8.39. The van der Waals surface area contributed by atoms with E-state index in [0.29, 0.717) is 12.1 Å². The Morgan fingerprint density at radius 3 is 2.55 bits per heavy atom. The smallest absolute Gasteiger partial charge is 0.306 e. The molecule has 1 aliphatic rings. The highest BCUT2D eigenvalue weighted by Crippen LogP contribution is 2.20. The number of piperazine rings is 1. The van der Waals surface area contributed by atoms with E-state index in [9.17, 15) is 9.59 Å². The molecule has 7 heteroatoms. The van der Waals surface area contributed by atoms with Crippen LogP contribution in [0.15, 0.2) is 54.7 Å². The van der Waals surface area contributed by atoms with Crippen molar-refractivity contribution in [3.63, 3.8) is 0 Å². The summed E-state index contributed by atoms with van der Waals surface area (Å²) >= 11 is 0. The predicted molar refractivity (Wildman–Crippen MR) is 132 cm³/mol. The van der Waals surface area contributed by atoms with Gasteiger partial charge in [-0.05, 0) is 55.3 Å². The average Bonchev–Trinajstić information content (AvgIpc) is 3.26. The van der Waals surface area contributed by atoms with Gasteiger partial charge in [0, 0.05) is 61.1 Å². The molecule has 1 aromatic heterocycles. The SMILES string of the molecule is CCN1CCN(c2ccc(NC(=O)COC(=O)CCCc3c[nH]c4ccccc34)cc2)CC1. The van der Waals surface area contributed by atoms with E-state index < -0.39 is 0 Å². The number of nitrogens with one attached hydrogen (secondary N) is 2. The number of amides is 1. The number of carbonyl (C=O) groups excluding carboxylic acids is 2. The number of para-hydroxylation sites is 1. The number of benzene rings is 2. The molecule has 2 aromatic carbocycles. The van der Waals surface area contributed by atoms with Gasteiger partial charge in [-0.15, -0.1) is 0 Å². The molecule has 0 unspecified atom stereocenters. The fourth-order valence-electron chi connectivity index (χ4n) is 4.25. The van der Waals surface area contributed by atoms with E-state index >= 15 is 0 Å². The topological polar surface area (TPSA) is 77.7 Å². The maximum Gasteiger partial charge on any atom is 0.306 e. The van der Waals surface area contributed by atoms with Crippen molar-refractivity contribution in [2.75, 3.05) is 49.5 Å². The Hall–Kier alpha value is -3.32. The van der Waals surface area contributed by atoms with Crippen LogP contribution in [0.5, 0.6) is 0 Å². The van der Waals surface area contributed by atoms with Crippen LogP contribution < -0.4 is 10.2 Å². The number of aromatic nitrogens is 1. The molecule has 3 aromatic rings. The van der Waals surface area contributed by atoms with Crippen LogP contribution in [0.25, 0.3) is 10.9 Å². The number of rotatable bonds is 9. The van der Waals surface area contributed by atoms with Crippen molar-refractivity contribution in [2.45, 2.75) is 26.2 Å². The number of hydrogen-bond donors (Lipinski definition) is 2. The fraction of sp³-hybridized carbons (Fsp3) is 0.385. The molecular formula is C26H32N4O3. The van der Waals surface area contributed by atoms with Gasteiger partial charge in [-0.2, -0.15) is 0 Å². The van der Waals surface area contributed by atoms with Crippen LogP contribution in [0.2, 0.25) is 0 Å². The number of aryl methyl sites for hydroxylation is 1. The first-order valence-corrected chi connectivity index (χ1v) is 11.7. The van der Waals surface area contributed by atoms with Crippen LogP contribution >= 0.6 is 0 Å². The first-order valence-electron chi connectivity index (χ1n) is 11.7. The zero-order valence-electron chi connectivity index (χ0n) is 19.2. The normalized spacial score (nSPS) is 14.4. The Balaban J connectivity index is 1.16. The van der Waals surface area contributed by atoms with E-state index in [-0.39, 0.29) is 24.9 Å². The maximum absolute atomic E-state index is 12.2. The number of esters is 1. The highest BCUT2D eigenvalue weighted by molar-refractivity contribution is 5.93. The zero-order chi connectivity index (χ0) is 23.0. The third-order valence-corrected chi connectivity index (χ3v) is 6.20. The van der Waals surface area contributed by atoms with Gasteiger partial charge < -0.3 is 24.8 Å². The minimum atomic E-state index is -0.355. The summed E-state index contributed by atoms with van der Waals surface area (Å²) in [7, 11) is 0. The van der Waals surface area contributed by atoms with Crippen molar-refractivity contribution in [3.05, 3.63) is 60.3 Å². The molecule has 174 valence electrons. The van der Waals surface area contributed by atoms with Crippen molar-refractivity contribution in [2.24, 2.45) is 0 Å². The lowest BCUT2D eigenvalue weighted by atomic mass is 10.1. The predicted octanol–water partition coefficient (Wildman–Crippen LogP) is 3.81. The Morgan fingerprint density at radius 2 is 1.79 bits per heavy atom. The molecular weight excluding hydrogens is 416 g/mol. The monoisotopic (exact) mass is 448 g/mol. The number of aromatic amines is 1. The first-order chi connectivity index (χ1) is 16.1. The van der Waals surface area contributed by atoms with Gasteiger partial charge in [-0.3, -0.25) is 9.59 Å². The third kappa shape index (κ3) is 6.14. The minimum Gasteiger partial charge on any atom is -0.456 e. The lowest BCUT2D eigenvalue weighted by molar-refractivity contribution is -0.147. The summed E-state index contributed by atoms with van der Waals surface area (Å²) in [5.41, 5.74) is 4.14. The molecule has 0 saturated carbocycles. The Labute approximate surface area is 194 Å². The summed E-state index contributed by atoms with van der Waals surface area (Å²) in [6.07, 6.45) is 3.73. The van der Waals surface area contributed by atoms with Crippen LogP contribution in [0.3, 0.4) is 0 Å². The number of hydrogen-bond acceptors (Lipinski definition) is 5. The minimum absolute atomic E-state index is 0.271. The lowest BCUT2D eigenvalue weighted by Crippen LogP contribution is -2.46. The molecule has 1 fully saturated rings. The number of likely N-dealkylation sites (N-methyl/N-ethyl adjacent to an activating group) is 1. The number of anilines is 2. The van der Waals surface area contributed by atoms with Gasteiger partial charge in [0.15, 0.2) is 6.61 Å². The quantitative estimate of drug-likeness (QED) is 0.487. The second kappa shape index (κ2) is 11.0. The number of ether oxygens (including phenoxy) is 1. The number of nitrogens with zero attached hydrogens (tertiary/aromatic N) is 2. The van der Waals surface area contributed by atoms with Crippen LogP contribution in [-0.4, -0.2) is 61.1 Å². The van der Waals surface area contributed by atoms with Gasteiger partial charge in [-0.1, -0.05) is 25.1 Å². The van der Waals surface area contributed by atoms with E-state index in [2.05, 4.69) is 33.1 Å². The van der Waals surface area contributed by atoms with E-state index in [4.69, 9.17) is 4.74 Å². The average molecular weight is 449 g/mol. The molecule has 2 heterocycles. The Bertz CT molecular complexity index is 1070. The van der Waals surface area contributed by atoms with Crippen LogP contribution in [-0.2, 0) is 20.7 Å². The summed E-state index contributed by atoms with van der Waals surface area (Å²) in [6.45, 7) is 7.17. The molecule has 0 spiro atoms. The number of fused-ring (bicyclic) bond motifs is 1. The Morgan fingerprint density at radius 1 is 1.03 bits per heavy atom. The molecule has 0 bridgehead atoms. The molecule has 33 heavy (non-hydrogen) atoms. The third-order valence-electron chi connectivity index (χ3n) is 6.20. The van der Waals surface area contributed by atoms with Gasteiger partial charge in [0.1, 0.15) is 0 Å². The molecule has 0 aliphatic carbocycles. The molecule has 4 rings (SSSR count). The standard InChI is InChI=1S/C26H32N4O3/c1-2-29-14-16-30(17-15-29)22-12-10-21(11-13-22)28-25(31)19-33-26(32)9-5-6-20-18-27-24-8-4-3-7-23(20)24/h3-4,7-8,10-13,18,27H,2,5-6,9,14-17,19H2,1H3,(H,28,31). The van der Waals surface area contributed by atoms with Crippen molar-refractivity contribution < 1.29 is 14.3 Å². The lowest BCUT2D eigenvalue weighted by Gasteiger charge is -2.35. The summed E-state index contributed by atoms with van der Waals surface area (Å²) in [6, 6.07) is 15.9. The second-order valence-electron chi connectivity index (χ2n) is 8.39. The molecule has 1 amide bonds. The van der Waals surface area contributed by atoms with Crippen molar-refractivity contribution in [1.82, 2.24) is 9.88 Å². The van der Waals surface area contributed by atoms with E-state index in [0.717, 1.165) is 50.3 Å². The van der Waals surface area contributed by atoms with Crippen molar-refractivity contribution in [3.8, 4) is 0 Å². The van der Waals surface area contributed by atoms with Crippen LogP contribution in [0, 0.1) is 0 Å². The van der Waals surface area contributed by atoms with E-state index in [1.54, 1.807) is 0 Å². The number of carbonyl (C=O) groups is 2. The molecule has 1 saturated heterocycles. The maximum atomic E-state index is 12.2. The summed E-state index contributed by atoms with van der Waals surface area (Å²) in [5, 5.41) is 3.98. The summed E-state index contributed by atoms with van der Waals surface area (Å²) < 4.78 is 5.15. The fourth-order valence-corrected chi connectivity index (χ4v) is 4.25. The zero-order valence-corrected chi connectivity index (χ0v) is 19.2. The summed E-state index contributed by atoms with van der Waals surface area (Å²) in [4.78, 5) is 32.2. The molecule has 1 aliphatic heterocycles. The molecule has 2 N–H and O–H groups in total. The van der Waals surface area contributed by atoms with Gasteiger partial charge in [0.05, 0.1) is 0 Å². The highest BCUT2D eigenvalue weighted by atomic mass is 16.5. The molecule has 0 radical (unpaired) electrons. The Kier molecular flexibility index (Phi) is 7.62. The van der Waals surface area contributed by atoms with E-state index in [1.807, 2.05) is 48.7 Å². The van der Waals surface area contributed by atoms with Crippen LogP contribution in [0.1, 0.15) is 25.3 Å². The van der Waals surface area contributed by atoms with Gasteiger partial charge in [-0.25, -0.2) is 0 Å². The van der Waals surface area contributed by atoms with Crippen molar-refractivity contribution >= 4 is 34.2 Å². The number of H-pyrrole nitrogens is 1. The largest absolute Gasteiger partial charge is 0.456 e. The molecule has 7 nitrogen and oxygen atoms in total. The first kappa shape index (κ1) is 22.9. The van der Waals surface area contributed by atoms with E-state index in [1.165, 1.54) is 10.9 Å². The molecule has 0 atom stereocenters. The van der Waals surface area contributed by atoms with Crippen LogP contribution in [0.4, 0.5) is 11.4 Å². The van der Waals surface area contributed by atoms with Gasteiger partial charge in [0.2, 0.25) is 0 Å². The summed E-state index contributed by atoms with van der Waals surface area (Å²) in [5.74, 6) is -0.684. The van der Waals surface area contributed by atoms with Crippen molar-refractivity contribution in [1.29, 1.82) is 0 Å². The van der Waals surface area contributed by atoms with Gasteiger partial charge in [0.25, 0.3) is 5.91 Å².